The summed E-state index contributed by atoms with van der Waals surface area (Å²) in [6, 6.07) is 59.5. The van der Waals surface area contributed by atoms with E-state index in [4.69, 9.17) is 16.1 Å². The van der Waals surface area contributed by atoms with Crippen LogP contribution in [0.1, 0.15) is 47.8 Å². The molecule has 0 amide bonds. The van der Waals surface area contributed by atoms with Crippen LogP contribution in [0.4, 0.5) is 26.3 Å². The molecule has 3 N–H and O–H groups in total. The van der Waals surface area contributed by atoms with Gasteiger partial charge in [0.05, 0.1) is 26.0 Å². The Morgan fingerprint density at radius 3 is 1.38 bits per heavy atom. The highest BCUT2D eigenvalue weighted by Gasteiger charge is 2.15. The Bertz CT molecular complexity index is 4070. The summed E-state index contributed by atoms with van der Waals surface area (Å²) in [5.41, 5.74) is 8.72. The number of carbonyl (C=O) groups excluding carboxylic acids is 3. The number of ketones is 2. The fourth-order valence-corrected chi connectivity index (χ4v) is 10.7. The summed E-state index contributed by atoms with van der Waals surface area (Å²) in [5, 5.41) is 10.3. The number of halogens is 7. The molecule has 12 aromatic rings. The van der Waals surface area contributed by atoms with Gasteiger partial charge in [-0.3, -0.25) is 19.8 Å². The molecule has 4 heterocycles. The normalized spacial score (nSPS) is 10.5. The fourth-order valence-electron chi connectivity index (χ4n) is 7.69. The second-order valence-electron chi connectivity index (χ2n) is 17.5. The van der Waals surface area contributed by atoms with E-state index in [9.17, 15) is 40.7 Å². The molecule has 4 aromatic heterocycles. The van der Waals surface area contributed by atoms with Crippen molar-refractivity contribution in [1.82, 2.24) is 9.97 Å². The molecule has 0 spiro atoms. The number of rotatable bonds is 9. The van der Waals surface area contributed by atoms with E-state index in [0.29, 0.717) is 39.9 Å². The minimum Gasteiger partial charge on any atom is -0.384 e. The van der Waals surface area contributed by atoms with Gasteiger partial charge in [-0.2, -0.15) is 0 Å². The minimum atomic E-state index is -0.734. The number of carbonyl (C=O) groups is 3. The van der Waals surface area contributed by atoms with E-state index in [1.165, 1.54) is 52.5 Å². The molecule has 0 saturated heterocycles. The van der Waals surface area contributed by atoms with Crippen molar-refractivity contribution in [3.05, 3.63) is 280 Å². The van der Waals surface area contributed by atoms with E-state index in [0.717, 1.165) is 76.4 Å². The summed E-state index contributed by atoms with van der Waals surface area (Å²) in [5.74, 6) is -3.46. The molecular formula is C65H45ClF6N4O3S3. The lowest BCUT2D eigenvalue weighted by molar-refractivity contribution is 0.101. The van der Waals surface area contributed by atoms with Gasteiger partial charge in [0, 0.05) is 54.6 Å². The number of benzene rings is 8. The standard InChI is InChI=1S/C24H14F2N2S.C17H10F2OS.C10H8OS.C7H4F2O.C7H8N2.ClH/c25-18-10-17(11-19(26)13-18)20-14-21(23-12-16-8-4-5-9-22(16)29-23)28-24(27-20)15-6-2-1-3-7-15;18-13-7-11(8-14(19)10-13)5-6-15(20)17-9-12-3-1-2-4-16(12)21-17;1-7(11)10-6-8-4-2-3-5-9(8)12-10;8-6-1-5(4-10)2-7(9)3-6;8-7(9)6-4-2-1-3-5-6;/h1-14H;1-10H;2-6H,1H3;1-4H;1-5H,(H3,8,9);1H/b;6-5+;;;;. The average molecular weight is 1180 g/mol. The first-order valence-corrected chi connectivity index (χ1v) is 26.9. The van der Waals surface area contributed by atoms with Crippen LogP contribution in [-0.2, 0) is 0 Å². The number of nitrogens with two attached hydrogens (primary N) is 1. The molecule has 0 fully saturated rings. The molecule has 0 saturated carbocycles. The third-order valence-corrected chi connectivity index (χ3v) is 14.9. The maximum atomic E-state index is 13.8. The summed E-state index contributed by atoms with van der Waals surface area (Å²) in [7, 11) is 0. The smallest absolute Gasteiger partial charge is 0.195 e. The van der Waals surface area contributed by atoms with Crippen LogP contribution in [0, 0.1) is 40.3 Å². The van der Waals surface area contributed by atoms with E-state index in [1.54, 1.807) is 35.7 Å². The quantitative estimate of drug-likeness (QED) is 0.0370. The van der Waals surface area contributed by atoms with Crippen molar-refractivity contribution < 1.29 is 40.7 Å². The Labute approximate surface area is 485 Å². The van der Waals surface area contributed by atoms with E-state index in [2.05, 4.69) is 23.2 Å². The zero-order chi connectivity index (χ0) is 57.4. The molecule has 0 unspecified atom stereocenters. The molecule has 0 radical (unpaired) electrons. The Balaban J connectivity index is 0.000000159. The maximum absolute atomic E-state index is 13.8. The first kappa shape index (κ1) is 60.5. The van der Waals surface area contributed by atoms with Crippen LogP contribution in [0.5, 0.6) is 0 Å². The molecule has 82 heavy (non-hydrogen) atoms. The van der Waals surface area contributed by atoms with Crippen LogP contribution in [0.2, 0.25) is 0 Å². The molecule has 7 nitrogen and oxygen atoms in total. The van der Waals surface area contributed by atoms with Gasteiger partial charge in [0.1, 0.15) is 47.0 Å². The third-order valence-electron chi connectivity index (χ3n) is 11.5. The Morgan fingerprint density at radius 2 is 0.902 bits per heavy atom. The van der Waals surface area contributed by atoms with Gasteiger partial charge in [0.2, 0.25) is 0 Å². The van der Waals surface area contributed by atoms with Crippen LogP contribution in [-0.4, -0.2) is 33.7 Å². The van der Waals surface area contributed by atoms with Crippen molar-refractivity contribution >= 4 is 106 Å². The van der Waals surface area contributed by atoms with Crippen molar-refractivity contribution in [3.8, 4) is 33.2 Å². The van der Waals surface area contributed by atoms with Crippen molar-refractivity contribution in [2.24, 2.45) is 5.73 Å². The Morgan fingerprint density at radius 1 is 0.476 bits per heavy atom. The predicted octanol–water partition coefficient (Wildman–Crippen LogP) is 18.3. The summed E-state index contributed by atoms with van der Waals surface area (Å²) in [4.78, 5) is 44.9. The van der Waals surface area contributed by atoms with Gasteiger partial charge in [-0.05, 0) is 114 Å². The number of allylic oxidation sites excluding steroid dienone is 1. The van der Waals surface area contributed by atoms with Gasteiger partial charge in [-0.15, -0.1) is 46.4 Å². The van der Waals surface area contributed by atoms with Crippen LogP contribution in [0.15, 0.2) is 218 Å². The van der Waals surface area contributed by atoms with E-state index in [-0.39, 0.29) is 35.4 Å². The van der Waals surface area contributed by atoms with Crippen LogP contribution in [0.25, 0.3) is 69.6 Å². The summed E-state index contributed by atoms with van der Waals surface area (Å²) >= 11 is 4.58. The number of hydrogen-bond acceptors (Lipinski definition) is 9. The van der Waals surface area contributed by atoms with Crippen molar-refractivity contribution in [2.75, 3.05) is 0 Å². The lowest BCUT2D eigenvalue weighted by Crippen LogP contribution is -2.10. The SMILES string of the molecule is CC(=O)c1cc2ccccc2s1.Cl.Fc1cc(F)cc(-c2cc(-c3cc4ccccc4s3)nc(-c3ccccc3)n2)c1.N=C(N)c1ccccc1.O=C(/C=C/c1cc(F)cc(F)c1)c1cc2ccccc2s1.O=Cc1cc(F)cc(F)c1. The second kappa shape index (κ2) is 28.8. The highest BCUT2D eigenvalue weighted by molar-refractivity contribution is 7.22. The Kier molecular flexibility index (Phi) is 21.2. The number of aromatic nitrogens is 2. The van der Waals surface area contributed by atoms with Gasteiger partial charge in [0.15, 0.2) is 17.4 Å². The van der Waals surface area contributed by atoms with E-state index < -0.39 is 34.9 Å². The second-order valence-corrected chi connectivity index (χ2v) is 20.7. The number of hydrogen-bond donors (Lipinski definition) is 2. The van der Waals surface area contributed by atoms with Crippen molar-refractivity contribution in [1.29, 1.82) is 5.41 Å². The fraction of sp³-hybridized carbons (Fsp3) is 0.0154. The lowest BCUT2D eigenvalue weighted by Gasteiger charge is -2.08. The molecule has 0 aliphatic rings. The molecule has 8 aromatic carbocycles. The first-order valence-electron chi connectivity index (χ1n) is 24.4. The van der Waals surface area contributed by atoms with Crippen LogP contribution in [0.3, 0.4) is 0 Å². The summed E-state index contributed by atoms with van der Waals surface area (Å²) in [6.45, 7) is 1.60. The van der Waals surface area contributed by atoms with Crippen LogP contribution >= 0.6 is 46.4 Å². The lowest BCUT2D eigenvalue weighted by atomic mass is 10.1. The first-order chi connectivity index (χ1) is 39.1. The van der Waals surface area contributed by atoms with Gasteiger partial charge in [-0.1, -0.05) is 121 Å². The number of fused-ring (bicyclic) bond motifs is 3. The molecule has 410 valence electrons. The number of nitrogens with one attached hydrogen (secondary N) is 1. The molecule has 0 atom stereocenters. The molecule has 0 aliphatic carbocycles. The summed E-state index contributed by atoms with van der Waals surface area (Å²) < 4.78 is 81.6. The molecule has 0 aliphatic heterocycles. The Hall–Kier alpha value is -9.19. The molecular weight excluding hydrogens is 1130 g/mol. The monoisotopic (exact) mass is 1170 g/mol. The number of nitrogens with zero attached hydrogens (tertiary/aromatic N) is 2. The molecule has 12 rings (SSSR count). The largest absolute Gasteiger partial charge is 0.384 e. The average Bonchev–Trinajstić information content (AvgIpc) is 4.33. The van der Waals surface area contributed by atoms with Crippen LogP contribution < -0.4 is 5.73 Å². The third kappa shape index (κ3) is 16.9. The van der Waals surface area contributed by atoms with Gasteiger partial charge in [0.25, 0.3) is 0 Å². The molecule has 0 bridgehead atoms. The van der Waals surface area contributed by atoms with Gasteiger partial charge in [-0.25, -0.2) is 36.3 Å². The highest BCUT2D eigenvalue weighted by Crippen LogP contribution is 2.36. The van der Waals surface area contributed by atoms with E-state index >= 15 is 0 Å². The number of aldehydes is 1. The minimum absolute atomic E-state index is 0. The predicted molar refractivity (Wildman–Crippen MR) is 323 cm³/mol. The van der Waals surface area contributed by atoms with Gasteiger partial charge < -0.3 is 5.73 Å². The van der Waals surface area contributed by atoms with E-state index in [1.807, 2.05) is 133 Å². The van der Waals surface area contributed by atoms with Crippen molar-refractivity contribution in [3.63, 3.8) is 0 Å². The zero-order valence-corrected chi connectivity index (χ0v) is 46.3. The number of Topliss-reactive ketones (excluding diaryl/α,β-unsaturated/α-hetero) is 1. The maximum Gasteiger partial charge on any atom is 0.195 e. The number of thiophene rings is 3. The summed E-state index contributed by atoms with van der Waals surface area (Å²) in [6.07, 6.45) is 3.14. The number of amidine groups is 1. The van der Waals surface area contributed by atoms with Crippen molar-refractivity contribution in [2.45, 2.75) is 6.92 Å². The highest BCUT2D eigenvalue weighted by atomic mass is 35.5. The zero-order valence-electron chi connectivity index (χ0n) is 43.0. The number of nitrogen functional groups attached to an aromatic ring is 1. The molecule has 17 heteroatoms. The topological polar surface area (TPSA) is 127 Å². The van der Waals surface area contributed by atoms with Gasteiger partial charge >= 0.3 is 0 Å².